The Morgan fingerprint density at radius 1 is 0.389 bits per heavy atom. The smallest absolute Gasteiger partial charge is 0.227 e. The first-order valence-electron chi connectivity index (χ1n) is 17.9. The first kappa shape index (κ1) is 30.6. The lowest BCUT2D eigenvalue weighted by Crippen LogP contribution is -2.01. The summed E-state index contributed by atoms with van der Waals surface area (Å²) in [7, 11) is 0. The zero-order valence-corrected chi connectivity index (χ0v) is 29.6. The molecule has 8 aromatic carbocycles. The molecular formula is C48H28N4OS. The van der Waals surface area contributed by atoms with Gasteiger partial charge in [0.1, 0.15) is 5.52 Å². The Bertz CT molecular complexity index is 3230. The summed E-state index contributed by atoms with van der Waals surface area (Å²) in [4.78, 5) is 20.6. The van der Waals surface area contributed by atoms with Crippen LogP contribution < -0.4 is 0 Å². The number of hydrogen-bond donors (Lipinski definition) is 0. The van der Waals surface area contributed by atoms with Gasteiger partial charge in [0.05, 0.1) is 0 Å². The minimum Gasteiger partial charge on any atom is -0.435 e. The van der Waals surface area contributed by atoms with Crippen LogP contribution in [-0.2, 0) is 0 Å². The highest BCUT2D eigenvalue weighted by Gasteiger charge is 2.20. The molecule has 3 aromatic heterocycles. The van der Waals surface area contributed by atoms with Crippen molar-refractivity contribution in [3.05, 3.63) is 170 Å². The van der Waals surface area contributed by atoms with Gasteiger partial charge >= 0.3 is 0 Å². The third-order valence-electron chi connectivity index (χ3n) is 10.2. The van der Waals surface area contributed by atoms with Crippen LogP contribution in [0, 0.1) is 0 Å². The van der Waals surface area contributed by atoms with E-state index in [1.165, 1.54) is 20.2 Å². The maximum absolute atomic E-state index is 6.58. The minimum absolute atomic E-state index is 0.596. The molecule has 0 saturated heterocycles. The second-order valence-corrected chi connectivity index (χ2v) is 14.5. The van der Waals surface area contributed by atoms with E-state index in [-0.39, 0.29) is 0 Å². The molecule has 0 saturated carbocycles. The Labute approximate surface area is 313 Å². The Hall–Kier alpha value is -7.02. The predicted molar refractivity (Wildman–Crippen MR) is 222 cm³/mol. The molecule has 0 bridgehead atoms. The number of aromatic nitrogens is 4. The third-order valence-corrected chi connectivity index (χ3v) is 11.3. The highest BCUT2D eigenvalue weighted by atomic mass is 32.1. The van der Waals surface area contributed by atoms with Gasteiger partial charge in [0.15, 0.2) is 23.1 Å². The van der Waals surface area contributed by atoms with Crippen LogP contribution in [0.15, 0.2) is 174 Å². The van der Waals surface area contributed by atoms with Gasteiger partial charge < -0.3 is 4.42 Å². The van der Waals surface area contributed by atoms with E-state index in [2.05, 4.69) is 127 Å². The number of benzene rings is 8. The normalized spacial score (nSPS) is 11.7. The van der Waals surface area contributed by atoms with Crippen molar-refractivity contribution in [2.24, 2.45) is 0 Å². The van der Waals surface area contributed by atoms with Crippen LogP contribution in [0.5, 0.6) is 0 Å². The molecule has 11 aromatic rings. The molecule has 0 unspecified atom stereocenters. The van der Waals surface area contributed by atoms with E-state index >= 15 is 0 Å². The molecule has 0 fully saturated rings. The van der Waals surface area contributed by atoms with E-state index in [9.17, 15) is 0 Å². The zero-order valence-electron chi connectivity index (χ0n) is 28.8. The van der Waals surface area contributed by atoms with Crippen LogP contribution in [-0.4, -0.2) is 19.9 Å². The summed E-state index contributed by atoms with van der Waals surface area (Å²) in [6.07, 6.45) is 0. The van der Waals surface area contributed by atoms with Crippen molar-refractivity contribution in [2.75, 3.05) is 0 Å². The van der Waals surface area contributed by atoms with E-state index in [1.807, 2.05) is 42.5 Å². The van der Waals surface area contributed by atoms with Gasteiger partial charge in [-0.25, -0.2) is 19.9 Å². The summed E-state index contributed by atoms with van der Waals surface area (Å²) in [6, 6.07) is 58.7. The predicted octanol–water partition coefficient (Wildman–Crippen LogP) is 13.0. The molecule has 11 rings (SSSR count). The average molecular weight is 709 g/mol. The van der Waals surface area contributed by atoms with Gasteiger partial charge in [-0.3, -0.25) is 0 Å². The molecule has 0 N–H and O–H groups in total. The van der Waals surface area contributed by atoms with Gasteiger partial charge in [0, 0.05) is 47.8 Å². The van der Waals surface area contributed by atoms with E-state index in [0.717, 1.165) is 66.0 Å². The third kappa shape index (κ3) is 4.99. The summed E-state index contributed by atoms with van der Waals surface area (Å²) in [6.45, 7) is 0. The fourth-order valence-electron chi connectivity index (χ4n) is 7.63. The van der Waals surface area contributed by atoms with Crippen molar-refractivity contribution < 1.29 is 4.42 Å². The van der Waals surface area contributed by atoms with E-state index in [1.54, 1.807) is 11.3 Å². The SMILES string of the molecule is c1ccc(-c2nc3ccc4cccc(-c5ccccc5-c5nc(-c6ccc7c(c6)sc6ccccc67)nc(-c6cccc7ccccc67)n5)c4c3o2)cc1. The number of fused-ring (bicyclic) bond motifs is 7. The summed E-state index contributed by atoms with van der Waals surface area (Å²) in [5, 5.41) is 6.78. The van der Waals surface area contributed by atoms with Crippen molar-refractivity contribution in [3.63, 3.8) is 0 Å². The second-order valence-electron chi connectivity index (χ2n) is 13.4. The van der Waals surface area contributed by atoms with Crippen LogP contribution in [0.2, 0.25) is 0 Å². The van der Waals surface area contributed by atoms with Gasteiger partial charge in [-0.2, -0.15) is 0 Å². The Kier molecular flexibility index (Phi) is 6.97. The molecule has 0 atom stereocenters. The molecule has 252 valence electrons. The van der Waals surface area contributed by atoms with Crippen LogP contribution in [0.3, 0.4) is 0 Å². The van der Waals surface area contributed by atoms with Crippen molar-refractivity contribution in [1.82, 2.24) is 19.9 Å². The number of rotatable bonds is 5. The molecule has 0 aliphatic carbocycles. The monoisotopic (exact) mass is 708 g/mol. The maximum Gasteiger partial charge on any atom is 0.227 e. The molecule has 3 heterocycles. The van der Waals surface area contributed by atoms with Crippen LogP contribution >= 0.6 is 11.3 Å². The molecule has 54 heavy (non-hydrogen) atoms. The summed E-state index contributed by atoms with van der Waals surface area (Å²) < 4.78 is 9.04. The minimum atomic E-state index is 0.596. The number of thiophene rings is 1. The average Bonchev–Trinajstić information content (AvgIpc) is 3.85. The number of oxazole rings is 1. The maximum atomic E-state index is 6.58. The second kappa shape index (κ2) is 12.3. The van der Waals surface area contributed by atoms with E-state index in [4.69, 9.17) is 24.4 Å². The van der Waals surface area contributed by atoms with Crippen LogP contribution in [0.1, 0.15) is 0 Å². The standard InChI is InChI=1S/C48H28N4OS/c1-2-13-31(14-3-1)48-49-40-27-25-30-16-11-21-37(43(30)44(40)53-48)34-18-6-7-20-39(34)47-51-45(32-24-26-36-35-19-8-9-23-41(35)54-42(36)28-32)50-46(52-47)38-22-10-15-29-12-4-5-17-33(29)38/h1-28H. The van der Waals surface area contributed by atoms with Crippen molar-refractivity contribution in [2.45, 2.75) is 0 Å². The zero-order chi connectivity index (χ0) is 35.6. The lowest BCUT2D eigenvalue weighted by Gasteiger charge is -2.14. The molecule has 0 aliphatic heterocycles. The number of hydrogen-bond acceptors (Lipinski definition) is 6. The molecule has 5 nitrogen and oxygen atoms in total. The quantitative estimate of drug-likeness (QED) is 0.178. The molecule has 0 aliphatic rings. The fourth-order valence-corrected chi connectivity index (χ4v) is 8.77. The molecule has 6 heteroatoms. The van der Waals surface area contributed by atoms with Crippen LogP contribution in [0.25, 0.3) is 110 Å². The largest absolute Gasteiger partial charge is 0.435 e. The van der Waals surface area contributed by atoms with Gasteiger partial charge in [0.2, 0.25) is 5.89 Å². The molecule has 0 spiro atoms. The van der Waals surface area contributed by atoms with Crippen molar-refractivity contribution in [1.29, 1.82) is 0 Å². The van der Waals surface area contributed by atoms with Gasteiger partial charge in [0.25, 0.3) is 0 Å². The topological polar surface area (TPSA) is 64.7 Å². The summed E-state index contributed by atoms with van der Waals surface area (Å²) in [5.74, 6) is 2.45. The van der Waals surface area contributed by atoms with E-state index < -0.39 is 0 Å². The van der Waals surface area contributed by atoms with Crippen molar-refractivity contribution >= 4 is 64.2 Å². The lowest BCUT2D eigenvalue weighted by molar-refractivity contribution is 0.623. The van der Waals surface area contributed by atoms with Crippen molar-refractivity contribution in [3.8, 4) is 56.7 Å². The summed E-state index contributed by atoms with van der Waals surface area (Å²) in [5.41, 5.74) is 7.31. The Morgan fingerprint density at radius 2 is 1.04 bits per heavy atom. The van der Waals surface area contributed by atoms with Crippen LogP contribution in [0.4, 0.5) is 0 Å². The fraction of sp³-hybridized carbons (Fsp3) is 0. The van der Waals surface area contributed by atoms with Gasteiger partial charge in [-0.1, -0.05) is 140 Å². The Morgan fingerprint density at radius 3 is 1.93 bits per heavy atom. The first-order chi connectivity index (χ1) is 26.7. The highest BCUT2D eigenvalue weighted by Crippen LogP contribution is 2.41. The van der Waals surface area contributed by atoms with Gasteiger partial charge in [-0.05, 0) is 57.6 Å². The summed E-state index contributed by atoms with van der Waals surface area (Å²) >= 11 is 1.79. The molecular weight excluding hydrogens is 681 g/mol. The Balaban J connectivity index is 1.15. The van der Waals surface area contributed by atoms with E-state index in [0.29, 0.717) is 23.4 Å². The van der Waals surface area contributed by atoms with Gasteiger partial charge in [-0.15, -0.1) is 11.3 Å². The number of nitrogens with zero attached hydrogens (tertiary/aromatic N) is 4. The first-order valence-corrected chi connectivity index (χ1v) is 18.7. The molecule has 0 amide bonds. The highest BCUT2D eigenvalue weighted by molar-refractivity contribution is 7.25. The lowest BCUT2D eigenvalue weighted by atomic mass is 9.93. The molecule has 0 radical (unpaired) electrons.